The van der Waals surface area contributed by atoms with Crippen molar-refractivity contribution in [2.24, 2.45) is 0 Å². The van der Waals surface area contributed by atoms with E-state index in [0.717, 1.165) is 4.90 Å². The van der Waals surface area contributed by atoms with Crippen molar-refractivity contribution in [2.75, 3.05) is 34.5 Å². The van der Waals surface area contributed by atoms with E-state index < -0.39 is 11.8 Å². The van der Waals surface area contributed by atoms with E-state index >= 15 is 0 Å². The Labute approximate surface area is 158 Å². The summed E-state index contributed by atoms with van der Waals surface area (Å²) in [4.78, 5) is 26.4. The summed E-state index contributed by atoms with van der Waals surface area (Å²) >= 11 is 0. The lowest BCUT2D eigenvalue weighted by atomic mass is 9.93. The Kier molecular flexibility index (Phi) is 6.74. The minimum atomic E-state index is -0.569. The van der Waals surface area contributed by atoms with Crippen molar-refractivity contribution in [3.8, 4) is 17.6 Å². The van der Waals surface area contributed by atoms with Crippen molar-refractivity contribution < 1.29 is 23.8 Å². The molecule has 0 saturated heterocycles. The van der Waals surface area contributed by atoms with Crippen LogP contribution >= 0.6 is 0 Å². The molecule has 2 amide bonds. The number of nitriles is 1. The second-order valence-electron chi connectivity index (χ2n) is 5.89. The molecule has 0 N–H and O–H groups in total. The van der Waals surface area contributed by atoms with Gasteiger partial charge in [0.25, 0.3) is 11.8 Å². The van der Waals surface area contributed by atoms with Crippen LogP contribution in [0, 0.1) is 11.3 Å². The molecule has 142 valence electrons. The Morgan fingerprint density at radius 1 is 1.11 bits per heavy atom. The van der Waals surface area contributed by atoms with Crippen LogP contribution in [0.3, 0.4) is 0 Å². The van der Waals surface area contributed by atoms with Gasteiger partial charge in [-0.15, -0.1) is 0 Å². The summed E-state index contributed by atoms with van der Waals surface area (Å²) in [5, 5.41) is 9.39. The molecule has 0 aromatic heterocycles. The Hall–Kier alpha value is -3.11. The van der Waals surface area contributed by atoms with Crippen molar-refractivity contribution in [1.29, 1.82) is 5.26 Å². The zero-order chi connectivity index (χ0) is 20.0. The number of carbonyl (C=O) groups excluding carboxylic acids is 2. The Balaban J connectivity index is 2.48. The molecule has 1 aliphatic rings. The zero-order valence-electron chi connectivity index (χ0n) is 15.9. The maximum Gasteiger partial charge on any atom is 0.271 e. The number of hydrogen-bond donors (Lipinski definition) is 0. The van der Waals surface area contributed by atoms with Crippen molar-refractivity contribution in [3.63, 3.8) is 0 Å². The number of rotatable bonds is 7. The van der Waals surface area contributed by atoms with Gasteiger partial charge in [-0.25, -0.2) is 0 Å². The summed E-state index contributed by atoms with van der Waals surface area (Å²) in [6, 6.07) is 7.14. The first kappa shape index (κ1) is 20.2. The quantitative estimate of drug-likeness (QED) is 0.416. The number of nitrogens with zero attached hydrogens (tertiary/aromatic N) is 2. The smallest absolute Gasteiger partial charge is 0.271 e. The monoisotopic (exact) mass is 370 g/mol. The lowest BCUT2D eigenvalue weighted by Gasteiger charge is -2.27. The molecule has 0 unspecified atom stereocenters. The molecule has 0 spiro atoms. The van der Waals surface area contributed by atoms with Gasteiger partial charge in [0.2, 0.25) is 0 Å². The Bertz CT molecular complexity index is 848. The normalized spacial score (nSPS) is 16.0. The third-order valence-corrected chi connectivity index (χ3v) is 4.27. The third kappa shape index (κ3) is 4.18. The molecule has 1 heterocycles. The van der Waals surface area contributed by atoms with Gasteiger partial charge < -0.3 is 14.2 Å². The van der Waals surface area contributed by atoms with E-state index in [4.69, 9.17) is 14.2 Å². The zero-order valence-corrected chi connectivity index (χ0v) is 15.9. The first-order valence-electron chi connectivity index (χ1n) is 8.38. The highest BCUT2D eigenvalue weighted by atomic mass is 16.5. The molecule has 1 aromatic rings. The van der Waals surface area contributed by atoms with Crippen LogP contribution in [0.25, 0.3) is 6.08 Å². The molecular weight excluding hydrogens is 348 g/mol. The van der Waals surface area contributed by atoms with Crippen LogP contribution in [0.4, 0.5) is 0 Å². The van der Waals surface area contributed by atoms with E-state index in [2.05, 4.69) is 0 Å². The van der Waals surface area contributed by atoms with Crippen LogP contribution < -0.4 is 9.47 Å². The van der Waals surface area contributed by atoms with Crippen LogP contribution in [0.5, 0.6) is 11.5 Å². The molecule has 1 aromatic carbocycles. The molecule has 7 nitrogen and oxygen atoms in total. The first-order chi connectivity index (χ1) is 13.0. The maximum absolute atomic E-state index is 12.9. The van der Waals surface area contributed by atoms with Crippen molar-refractivity contribution in [1.82, 2.24) is 4.90 Å². The predicted octanol–water partition coefficient (Wildman–Crippen LogP) is 2.33. The summed E-state index contributed by atoms with van der Waals surface area (Å²) < 4.78 is 15.5. The molecule has 7 heteroatoms. The molecule has 2 rings (SSSR count). The second kappa shape index (κ2) is 9.01. The SMILES string of the molecule is COCCCN1C(=O)C(C#N)=C(C)/C(=C\c2ccc(OC)c(OC)c2)C1=O. The summed E-state index contributed by atoms with van der Waals surface area (Å²) in [6.45, 7) is 2.21. The topological polar surface area (TPSA) is 88.9 Å². The van der Waals surface area contributed by atoms with E-state index in [1.807, 2.05) is 6.07 Å². The molecule has 0 saturated carbocycles. The van der Waals surface area contributed by atoms with Crippen molar-refractivity contribution in [2.45, 2.75) is 13.3 Å². The number of methoxy groups -OCH3 is 3. The predicted molar refractivity (Wildman–Crippen MR) is 99.0 cm³/mol. The lowest BCUT2D eigenvalue weighted by Crippen LogP contribution is -2.43. The second-order valence-corrected chi connectivity index (χ2v) is 5.89. The van der Waals surface area contributed by atoms with Gasteiger partial charge in [-0.05, 0) is 42.7 Å². The maximum atomic E-state index is 12.9. The minimum absolute atomic E-state index is 0.0289. The summed E-state index contributed by atoms with van der Waals surface area (Å²) in [5.41, 5.74) is 1.33. The molecule has 27 heavy (non-hydrogen) atoms. The Morgan fingerprint density at radius 2 is 1.81 bits per heavy atom. The van der Waals surface area contributed by atoms with Gasteiger partial charge in [-0.1, -0.05) is 6.07 Å². The number of hydrogen-bond acceptors (Lipinski definition) is 6. The van der Waals surface area contributed by atoms with Crippen LogP contribution in [0.2, 0.25) is 0 Å². The van der Waals surface area contributed by atoms with Gasteiger partial charge in [0.05, 0.1) is 14.2 Å². The van der Waals surface area contributed by atoms with E-state index in [1.54, 1.807) is 38.3 Å². The van der Waals surface area contributed by atoms with Gasteiger partial charge in [0.1, 0.15) is 11.6 Å². The van der Waals surface area contributed by atoms with Crippen LogP contribution in [-0.4, -0.2) is 51.2 Å². The summed E-state index contributed by atoms with van der Waals surface area (Å²) in [6.07, 6.45) is 2.14. The number of amides is 2. The molecule has 0 bridgehead atoms. The highest BCUT2D eigenvalue weighted by molar-refractivity contribution is 6.19. The third-order valence-electron chi connectivity index (χ3n) is 4.27. The highest BCUT2D eigenvalue weighted by Crippen LogP contribution is 2.31. The lowest BCUT2D eigenvalue weighted by molar-refractivity contribution is -0.140. The fraction of sp³-hybridized carbons (Fsp3) is 0.350. The molecule has 1 aliphatic heterocycles. The van der Waals surface area contributed by atoms with E-state index in [9.17, 15) is 14.9 Å². The largest absolute Gasteiger partial charge is 0.493 e. The number of carbonyl (C=O) groups is 2. The first-order valence-corrected chi connectivity index (χ1v) is 8.38. The van der Waals surface area contributed by atoms with Gasteiger partial charge in [0.15, 0.2) is 11.5 Å². The van der Waals surface area contributed by atoms with E-state index in [-0.39, 0.29) is 12.1 Å². The molecular formula is C20H22N2O5. The van der Waals surface area contributed by atoms with Crippen molar-refractivity contribution in [3.05, 3.63) is 40.5 Å². The average molecular weight is 370 g/mol. The van der Waals surface area contributed by atoms with Crippen LogP contribution in [0.1, 0.15) is 18.9 Å². The van der Waals surface area contributed by atoms with Gasteiger partial charge in [-0.3, -0.25) is 14.5 Å². The Morgan fingerprint density at radius 3 is 2.41 bits per heavy atom. The van der Waals surface area contributed by atoms with Gasteiger partial charge in [0, 0.05) is 25.8 Å². The minimum Gasteiger partial charge on any atom is -0.493 e. The number of imide groups is 1. The van der Waals surface area contributed by atoms with Crippen LogP contribution in [0.15, 0.2) is 34.9 Å². The summed E-state index contributed by atoms with van der Waals surface area (Å²) in [5.74, 6) is 0.0872. The fourth-order valence-corrected chi connectivity index (χ4v) is 2.81. The summed E-state index contributed by atoms with van der Waals surface area (Å²) in [7, 11) is 4.61. The number of ether oxygens (including phenoxy) is 3. The van der Waals surface area contributed by atoms with Crippen LogP contribution in [-0.2, 0) is 14.3 Å². The van der Waals surface area contributed by atoms with Gasteiger partial charge >= 0.3 is 0 Å². The standard InChI is InChI=1S/C20H22N2O5/c1-13-15(10-14-6-7-17(26-3)18(11-14)27-4)19(23)22(8-5-9-25-2)20(24)16(13)12-21/h6-7,10-11H,5,8-9H2,1-4H3/b15-10+. The van der Waals surface area contributed by atoms with Crippen molar-refractivity contribution >= 4 is 17.9 Å². The molecule has 0 aliphatic carbocycles. The highest BCUT2D eigenvalue weighted by Gasteiger charge is 2.35. The van der Waals surface area contributed by atoms with Gasteiger partial charge in [-0.2, -0.15) is 5.26 Å². The average Bonchev–Trinajstić information content (AvgIpc) is 2.68. The van der Waals surface area contributed by atoms with E-state index in [1.165, 1.54) is 14.2 Å². The molecule has 0 radical (unpaired) electrons. The number of benzene rings is 1. The molecule has 0 atom stereocenters. The fourth-order valence-electron chi connectivity index (χ4n) is 2.81. The van der Waals surface area contributed by atoms with E-state index in [0.29, 0.717) is 41.2 Å². The molecule has 0 fully saturated rings.